The lowest BCUT2D eigenvalue weighted by Gasteiger charge is -2.34. The monoisotopic (exact) mass is 386 g/mol. The molecule has 27 heavy (non-hydrogen) atoms. The van der Waals surface area contributed by atoms with Gasteiger partial charge in [0.25, 0.3) is 0 Å². The molecule has 0 bridgehead atoms. The number of Topliss-reactive ketones (excluding diaryl/α,β-unsaturated/α-hetero) is 1. The smallest absolute Gasteiger partial charge is 0.146 e. The molecule has 1 saturated heterocycles. The molecule has 0 saturated carbocycles. The van der Waals surface area contributed by atoms with Crippen molar-refractivity contribution in [1.29, 1.82) is 0 Å². The zero-order valence-corrected chi connectivity index (χ0v) is 17.7. The number of epoxide rings is 1. The third-order valence-corrected chi connectivity index (χ3v) is 6.25. The van der Waals surface area contributed by atoms with Gasteiger partial charge in [-0.3, -0.25) is 4.79 Å². The van der Waals surface area contributed by atoms with E-state index in [-0.39, 0.29) is 29.8 Å². The first-order valence-corrected chi connectivity index (χ1v) is 10.0. The van der Waals surface area contributed by atoms with Gasteiger partial charge in [-0.15, -0.1) is 0 Å². The summed E-state index contributed by atoms with van der Waals surface area (Å²) in [7, 11) is 1.69. The number of aldehydes is 1. The van der Waals surface area contributed by atoms with Gasteiger partial charge in [0.2, 0.25) is 0 Å². The summed E-state index contributed by atoms with van der Waals surface area (Å²) in [6.07, 6.45) is 2.49. The predicted octanol–water partition coefficient (Wildman–Crippen LogP) is 2.53. The van der Waals surface area contributed by atoms with E-state index in [9.17, 15) is 19.8 Å². The second-order valence-corrected chi connectivity index (χ2v) is 8.85. The van der Waals surface area contributed by atoms with Crippen molar-refractivity contribution in [2.75, 3.05) is 13.7 Å². The molecule has 0 aromatic rings. The minimum Gasteiger partial charge on any atom is -0.392 e. The Balaban J connectivity index is 2.47. The molecule has 1 rings (SSSR count). The molecule has 6 unspecified atom stereocenters. The molecule has 0 aromatic heterocycles. The second kappa shape index (κ2) is 10.1. The maximum atomic E-state index is 12.7. The molecule has 0 aromatic carbocycles. The van der Waals surface area contributed by atoms with Crippen LogP contribution in [0.3, 0.4) is 0 Å². The van der Waals surface area contributed by atoms with Crippen LogP contribution in [0, 0.1) is 17.3 Å². The van der Waals surface area contributed by atoms with Gasteiger partial charge in [0.05, 0.1) is 29.3 Å². The summed E-state index contributed by atoms with van der Waals surface area (Å²) in [6.45, 7) is 9.71. The van der Waals surface area contributed by atoms with Gasteiger partial charge in [-0.1, -0.05) is 34.1 Å². The molecule has 2 N–H and O–H groups in total. The SMILES string of the molecule is COCCC1OC1(C)CCCC(C)C(O)C(C)C(=O)C(C)(C)C(O)CC=O. The Kier molecular flexibility index (Phi) is 9.06. The zero-order valence-electron chi connectivity index (χ0n) is 17.7. The average Bonchev–Trinajstić information content (AvgIpc) is 3.27. The fourth-order valence-electron chi connectivity index (χ4n) is 3.83. The number of rotatable bonds is 14. The number of aliphatic hydroxyl groups excluding tert-OH is 2. The molecule has 6 atom stereocenters. The van der Waals surface area contributed by atoms with E-state index in [4.69, 9.17) is 9.47 Å². The van der Waals surface area contributed by atoms with E-state index < -0.39 is 23.5 Å². The van der Waals surface area contributed by atoms with Crippen molar-refractivity contribution in [3.8, 4) is 0 Å². The molecule has 6 nitrogen and oxygen atoms in total. The number of carbonyl (C=O) groups is 2. The van der Waals surface area contributed by atoms with E-state index in [1.807, 2.05) is 6.92 Å². The van der Waals surface area contributed by atoms with Crippen molar-refractivity contribution in [2.24, 2.45) is 17.3 Å². The van der Waals surface area contributed by atoms with Gasteiger partial charge in [0, 0.05) is 26.1 Å². The Morgan fingerprint density at radius 2 is 1.96 bits per heavy atom. The van der Waals surface area contributed by atoms with Crippen LogP contribution in [0.25, 0.3) is 0 Å². The molecular weight excluding hydrogens is 348 g/mol. The van der Waals surface area contributed by atoms with Crippen LogP contribution in [-0.2, 0) is 19.1 Å². The van der Waals surface area contributed by atoms with Gasteiger partial charge in [-0.25, -0.2) is 0 Å². The topological polar surface area (TPSA) is 96.4 Å². The minimum atomic E-state index is -1.06. The number of hydrogen-bond donors (Lipinski definition) is 2. The molecule has 0 spiro atoms. The van der Waals surface area contributed by atoms with Crippen molar-refractivity contribution in [2.45, 2.75) is 90.6 Å². The number of aliphatic hydroxyl groups is 2. The van der Waals surface area contributed by atoms with Crippen molar-refractivity contribution in [1.82, 2.24) is 0 Å². The molecule has 1 fully saturated rings. The number of ketones is 1. The third-order valence-electron chi connectivity index (χ3n) is 6.25. The largest absolute Gasteiger partial charge is 0.392 e. The van der Waals surface area contributed by atoms with Crippen LogP contribution in [0.1, 0.15) is 66.7 Å². The standard InChI is InChI=1S/C21H38O6/c1-14(8-7-11-21(5)17(27-21)10-13-26-6)18(24)15(2)19(25)20(3,4)16(23)9-12-22/h12,14-18,23-24H,7-11,13H2,1-6H3. The molecule has 0 amide bonds. The quantitative estimate of drug-likeness (QED) is 0.352. The van der Waals surface area contributed by atoms with E-state index in [2.05, 4.69) is 6.92 Å². The van der Waals surface area contributed by atoms with Crippen LogP contribution in [-0.4, -0.2) is 59.9 Å². The summed E-state index contributed by atoms with van der Waals surface area (Å²) >= 11 is 0. The van der Waals surface area contributed by atoms with Crippen LogP contribution >= 0.6 is 0 Å². The van der Waals surface area contributed by atoms with E-state index in [0.717, 1.165) is 25.7 Å². The van der Waals surface area contributed by atoms with Crippen molar-refractivity contribution in [3.05, 3.63) is 0 Å². The Bertz CT molecular complexity index is 491. The first kappa shape index (κ1) is 24.2. The number of hydrogen-bond acceptors (Lipinski definition) is 6. The molecule has 1 aliphatic rings. The van der Waals surface area contributed by atoms with Gasteiger partial charge >= 0.3 is 0 Å². The summed E-state index contributed by atoms with van der Waals surface area (Å²) in [5, 5.41) is 20.7. The Hall–Kier alpha value is -0.820. The normalized spacial score (nSPS) is 26.9. The minimum absolute atomic E-state index is 0.0391. The maximum absolute atomic E-state index is 12.7. The number of carbonyl (C=O) groups excluding carboxylic acids is 2. The molecule has 6 heteroatoms. The number of ether oxygens (including phenoxy) is 2. The summed E-state index contributed by atoms with van der Waals surface area (Å²) in [5.41, 5.74) is -1.16. The highest BCUT2D eigenvalue weighted by molar-refractivity contribution is 5.87. The van der Waals surface area contributed by atoms with Gasteiger partial charge in [-0.05, 0) is 32.1 Å². The highest BCUT2D eigenvalue weighted by atomic mass is 16.6. The van der Waals surface area contributed by atoms with Crippen LogP contribution < -0.4 is 0 Å². The lowest BCUT2D eigenvalue weighted by atomic mass is 9.73. The van der Waals surface area contributed by atoms with Gasteiger partial charge < -0.3 is 24.5 Å². The summed E-state index contributed by atoms with van der Waals surface area (Å²) < 4.78 is 10.9. The third kappa shape index (κ3) is 6.34. The lowest BCUT2D eigenvalue weighted by Crippen LogP contribution is -2.44. The van der Waals surface area contributed by atoms with E-state index in [0.29, 0.717) is 12.9 Å². The first-order chi connectivity index (χ1) is 12.5. The summed E-state index contributed by atoms with van der Waals surface area (Å²) in [4.78, 5) is 23.4. The molecule has 0 radical (unpaired) electrons. The Labute approximate surface area is 163 Å². The van der Waals surface area contributed by atoms with Crippen molar-refractivity contribution < 1.29 is 29.3 Å². The van der Waals surface area contributed by atoms with Gasteiger partial charge in [0.15, 0.2) is 0 Å². The predicted molar refractivity (Wildman–Crippen MR) is 103 cm³/mol. The van der Waals surface area contributed by atoms with Crippen LogP contribution in [0.15, 0.2) is 0 Å². The molecule has 1 aliphatic heterocycles. The van der Waals surface area contributed by atoms with E-state index in [1.54, 1.807) is 27.9 Å². The molecule has 0 aliphatic carbocycles. The van der Waals surface area contributed by atoms with Crippen LogP contribution in [0.4, 0.5) is 0 Å². The van der Waals surface area contributed by atoms with E-state index >= 15 is 0 Å². The van der Waals surface area contributed by atoms with Crippen molar-refractivity contribution >= 4 is 12.1 Å². The average molecular weight is 387 g/mol. The Morgan fingerprint density at radius 3 is 2.52 bits per heavy atom. The lowest BCUT2D eigenvalue weighted by molar-refractivity contribution is -0.142. The zero-order chi connectivity index (χ0) is 20.8. The fourth-order valence-corrected chi connectivity index (χ4v) is 3.83. The van der Waals surface area contributed by atoms with E-state index in [1.165, 1.54) is 0 Å². The summed E-state index contributed by atoms with van der Waals surface area (Å²) in [6, 6.07) is 0. The number of methoxy groups -OCH3 is 1. The highest BCUT2D eigenvalue weighted by Crippen LogP contribution is 2.43. The highest BCUT2D eigenvalue weighted by Gasteiger charge is 2.50. The van der Waals surface area contributed by atoms with Crippen LogP contribution in [0.5, 0.6) is 0 Å². The van der Waals surface area contributed by atoms with Crippen LogP contribution in [0.2, 0.25) is 0 Å². The summed E-state index contributed by atoms with van der Waals surface area (Å²) in [5.74, 6) is -0.852. The Morgan fingerprint density at radius 1 is 1.33 bits per heavy atom. The van der Waals surface area contributed by atoms with Gasteiger partial charge in [-0.2, -0.15) is 0 Å². The van der Waals surface area contributed by atoms with Gasteiger partial charge in [0.1, 0.15) is 12.1 Å². The first-order valence-electron chi connectivity index (χ1n) is 10.0. The molecular formula is C21H38O6. The maximum Gasteiger partial charge on any atom is 0.146 e. The molecule has 158 valence electrons. The second-order valence-electron chi connectivity index (χ2n) is 8.85. The fraction of sp³-hybridized carbons (Fsp3) is 0.905. The molecule has 1 heterocycles. The van der Waals surface area contributed by atoms with Crippen molar-refractivity contribution in [3.63, 3.8) is 0 Å².